The Morgan fingerprint density at radius 3 is 2.61 bits per heavy atom. The highest BCUT2D eigenvalue weighted by Crippen LogP contribution is 2.30. The van der Waals surface area contributed by atoms with E-state index in [2.05, 4.69) is 28.7 Å². The number of rotatable bonds is 6. The number of nitrogen functional groups attached to an aromatic ring is 1. The second-order valence-corrected chi connectivity index (χ2v) is 5.82. The number of nitrogens with zero attached hydrogens (tertiary/aromatic N) is 3. The summed E-state index contributed by atoms with van der Waals surface area (Å²) in [4.78, 5) is 21.8. The summed E-state index contributed by atoms with van der Waals surface area (Å²) in [6.45, 7) is 7.04. The zero-order chi connectivity index (χ0) is 17.0. The Hall–Kier alpha value is -2.63. The Bertz CT molecular complexity index is 699. The number of hydrogen-bond acceptors (Lipinski definition) is 5. The molecular formula is C17H23N5O. The van der Waals surface area contributed by atoms with Crippen LogP contribution in [-0.2, 0) is 6.42 Å². The van der Waals surface area contributed by atoms with Crippen molar-refractivity contribution in [3.63, 3.8) is 0 Å². The lowest BCUT2D eigenvalue weighted by Crippen LogP contribution is -2.21. The van der Waals surface area contributed by atoms with Crippen molar-refractivity contribution >= 4 is 23.4 Å². The van der Waals surface area contributed by atoms with Crippen LogP contribution < -0.4 is 16.4 Å². The van der Waals surface area contributed by atoms with Crippen LogP contribution in [-0.4, -0.2) is 22.4 Å². The first-order chi connectivity index (χ1) is 10.9. The Morgan fingerprint density at radius 1 is 1.30 bits per heavy atom. The minimum atomic E-state index is -0.420. The maximum Gasteiger partial charge on any atom is 0.248 e. The van der Waals surface area contributed by atoms with E-state index in [-0.39, 0.29) is 5.95 Å². The van der Waals surface area contributed by atoms with E-state index in [1.807, 2.05) is 25.1 Å². The molecule has 6 nitrogen and oxygen atoms in total. The van der Waals surface area contributed by atoms with Gasteiger partial charge >= 0.3 is 0 Å². The maximum absolute atomic E-state index is 11.5. The molecule has 1 amide bonds. The fourth-order valence-corrected chi connectivity index (χ4v) is 2.58. The number of carbonyl (C=O) groups is 1. The third-order valence-corrected chi connectivity index (χ3v) is 3.54. The van der Waals surface area contributed by atoms with Gasteiger partial charge in [-0.2, -0.15) is 4.98 Å². The average Bonchev–Trinajstić information content (AvgIpc) is 2.48. The highest BCUT2D eigenvalue weighted by molar-refractivity contribution is 5.93. The van der Waals surface area contributed by atoms with Crippen LogP contribution in [0.1, 0.15) is 36.7 Å². The van der Waals surface area contributed by atoms with Gasteiger partial charge < -0.3 is 16.4 Å². The normalized spacial score (nSPS) is 10.8. The van der Waals surface area contributed by atoms with Crippen molar-refractivity contribution in [3.8, 4) is 0 Å². The fraction of sp³-hybridized carbons (Fsp3) is 0.353. The van der Waals surface area contributed by atoms with Gasteiger partial charge in [-0.3, -0.25) is 4.79 Å². The second-order valence-electron chi connectivity index (χ2n) is 5.82. The number of benzene rings is 1. The molecule has 0 aliphatic rings. The van der Waals surface area contributed by atoms with Crippen LogP contribution >= 0.6 is 0 Å². The van der Waals surface area contributed by atoms with Gasteiger partial charge in [0.25, 0.3) is 0 Å². The molecule has 1 heterocycles. The van der Waals surface area contributed by atoms with Gasteiger partial charge in [0, 0.05) is 24.0 Å². The third-order valence-electron chi connectivity index (χ3n) is 3.54. The Morgan fingerprint density at radius 2 is 2.04 bits per heavy atom. The minimum Gasteiger partial charge on any atom is -0.368 e. The SMILES string of the molecule is CCN(c1ccnc(N)n1)c1ccc(C(N)=O)cc1CC(C)C. The summed E-state index contributed by atoms with van der Waals surface area (Å²) >= 11 is 0. The molecule has 0 saturated heterocycles. The Kier molecular flexibility index (Phi) is 5.16. The summed E-state index contributed by atoms with van der Waals surface area (Å²) in [6.07, 6.45) is 2.48. The first-order valence-corrected chi connectivity index (χ1v) is 7.71. The molecule has 4 N–H and O–H groups in total. The molecule has 0 unspecified atom stereocenters. The summed E-state index contributed by atoms with van der Waals surface area (Å²) < 4.78 is 0. The molecule has 0 spiro atoms. The van der Waals surface area contributed by atoms with Crippen molar-refractivity contribution in [2.45, 2.75) is 27.2 Å². The predicted molar refractivity (Wildman–Crippen MR) is 92.6 cm³/mol. The quantitative estimate of drug-likeness (QED) is 0.854. The zero-order valence-electron chi connectivity index (χ0n) is 13.8. The predicted octanol–water partition coefficient (Wildman–Crippen LogP) is 2.51. The van der Waals surface area contributed by atoms with Crippen LogP contribution in [0.5, 0.6) is 0 Å². The van der Waals surface area contributed by atoms with E-state index < -0.39 is 5.91 Å². The number of anilines is 3. The van der Waals surface area contributed by atoms with Gasteiger partial charge in [0.1, 0.15) is 5.82 Å². The molecule has 2 rings (SSSR count). The Labute approximate surface area is 136 Å². The number of amides is 1. The molecule has 1 aromatic carbocycles. The smallest absolute Gasteiger partial charge is 0.248 e. The largest absolute Gasteiger partial charge is 0.368 e. The lowest BCUT2D eigenvalue weighted by Gasteiger charge is -2.26. The van der Waals surface area contributed by atoms with Gasteiger partial charge in [0.05, 0.1) is 0 Å². The fourth-order valence-electron chi connectivity index (χ4n) is 2.58. The molecule has 122 valence electrons. The van der Waals surface area contributed by atoms with E-state index in [4.69, 9.17) is 11.5 Å². The third kappa shape index (κ3) is 3.97. The van der Waals surface area contributed by atoms with E-state index in [1.54, 1.807) is 12.3 Å². The molecule has 23 heavy (non-hydrogen) atoms. The standard InChI is InChI=1S/C17H23N5O/c1-4-22(15-7-8-20-17(19)21-15)14-6-5-12(16(18)23)10-13(14)9-11(2)3/h5-8,10-11H,4,9H2,1-3H3,(H2,18,23)(H2,19,20,21). The molecular weight excluding hydrogens is 290 g/mol. The van der Waals surface area contributed by atoms with E-state index in [1.165, 1.54) is 0 Å². The average molecular weight is 313 g/mol. The molecule has 0 aliphatic heterocycles. The lowest BCUT2D eigenvalue weighted by molar-refractivity contribution is 0.1000. The van der Waals surface area contributed by atoms with Crippen LogP contribution in [0.3, 0.4) is 0 Å². The zero-order valence-corrected chi connectivity index (χ0v) is 13.8. The van der Waals surface area contributed by atoms with Crippen molar-refractivity contribution < 1.29 is 4.79 Å². The molecule has 0 aliphatic carbocycles. The van der Waals surface area contributed by atoms with Gasteiger partial charge in [-0.1, -0.05) is 13.8 Å². The van der Waals surface area contributed by atoms with Gasteiger partial charge in [-0.15, -0.1) is 0 Å². The van der Waals surface area contributed by atoms with E-state index >= 15 is 0 Å². The number of carbonyl (C=O) groups excluding carboxylic acids is 1. The molecule has 0 radical (unpaired) electrons. The number of primary amides is 1. The second kappa shape index (κ2) is 7.09. The van der Waals surface area contributed by atoms with Crippen molar-refractivity contribution in [3.05, 3.63) is 41.6 Å². The lowest BCUT2D eigenvalue weighted by atomic mass is 9.98. The number of nitrogens with two attached hydrogens (primary N) is 2. The topological polar surface area (TPSA) is 98.1 Å². The first kappa shape index (κ1) is 16.7. The molecule has 0 bridgehead atoms. The molecule has 0 fully saturated rings. The van der Waals surface area contributed by atoms with Gasteiger partial charge in [-0.05, 0) is 49.1 Å². The van der Waals surface area contributed by atoms with Crippen molar-refractivity contribution in [2.24, 2.45) is 11.7 Å². The summed E-state index contributed by atoms with van der Waals surface area (Å²) in [7, 11) is 0. The Balaban J connectivity index is 2.52. The van der Waals surface area contributed by atoms with Gasteiger partial charge in [0.2, 0.25) is 11.9 Å². The summed E-state index contributed by atoms with van der Waals surface area (Å²) in [5, 5.41) is 0. The maximum atomic E-state index is 11.5. The van der Waals surface area contributed by atoms with Gasteiger partial charge in [-0.25, -0.2) is 4.98 Å². The first-order valence-electron chi connectivity index (χ1n) is 7.71. The summed E-state index contributed by atoms with van der Waals surface area (Å²) in [5.74, 6) is 0.999. The van der Waals surface area contributed by atoms with Gasteiger partial charge in [0.15, 0.2) is 0 Å². The van der Waals surface area contributed by atoms with Crippen molar-refractivity contribution in [1.82, 2.24) is 9.97 Å². The minimum absolute atomic E-state index is 0.236. The number of aromatic nitrogens is 2. The molecule has 2 aromatic rings. The highest BCUT2D eigenvalue weighted by Gasteiger charge is 2.16. The highest BCUT2D eigenvalue weighted by atomic mass is 16.1. The monoisotopic (exact) mass is 313 g/mol. The van der Waals surface area contributed by atoms with Crippen molar-refractivity contribution in [1.29, 1.82) is 0 Å². The number of hydrogen-bond donors (Lipinski definition) is 2. The summed E-state index contributed by atoms with van der Waals surface area (Å²) in [5.41, 5.74) is 13.7. The van der Waals surface area contributed by atoms with Crippen LogP contribution in [0.15, 0.2) is 30.5 Å². The molecule has 1 aromatic heterocycles. The van der Waals surface area contributed by atoms with E-state index in [0.717, 1.165) is 30.0 Å². The van der Waals surface area contributed by atoms with Crippen LogP contribution in [0.2, 0.25) is 0 Å². The van der Waals surface area contributed by atoms with E-state index in [9.17, 15) is 4.79 Å². The van der Waals surface area contributed by atoms with Crippen molar-refractivity contribution in [2.75, 3.05) is 17.2 Å². The molecule has 6 heteroatoms. The molecule has 0 atom stereocenters. The molecule has 0 saturated carbocycles. The van der Waals surface area contributed by atoms with Crippen LogP contribution in [0.4, 0.5) is 17.5 Å². The van der Waals surface area contributed by atoms with E-state index in [0.29, 0.717) is 11.5 Å². The van der Waals surface area contributed by atoms with Crippen LogP contribution in [0.25, 0.3) is 0 Å². The summed E-state index contributed by atoms with van der Waals surface area (Å²) in [6, 6.07) is 7.35. The van der Waals surface area contributed by atoms with Crippen LogP contribution in [0, 0.1) is 5.92 Å².